The zero-order valence-electron chi connectivity index (χ0n) is 12.1. The van der Waals surface area contributed by atoms with Crippen molar-refractivity contribution in [2.45, 2.75) is 4.90 Å². The van der Waals surface area contributed by atoms with Gasteiger partial charge in [-0.2, -0.15) is 0 Å². The molecule has 2 aromatic rings. The highest BCUT2D eigenvalue weighted by Crippen LogP contribution is 2.28. The number of ketones is 2. The summed E-state index contributed by atoms with van der Waals surface area (Å²) in [5.74, 6) is -2.42. The number of sulfonamides is 1. The lowest BCUT2D eigenvalue weighted by atomic mass is 9.84. The molecule has 2 aromatic carbocycles. The summed E-state index contributed by atoms with van der Waals surface area (Å²) in [5, 5.41) is 10.4. The Kier molecular flexibility index (Phi) is 3.78. The lowest BCUT2D eigenvalue weighted by Gasteiger charge is -2.18. The SMILES string of the molecule is O=C([O-])CNS(=O)(=O)c1ccc2c(c1)C(=O)c1ccccc1C2=O. The second-order valence-corrected chi connectivity index (χ2v) is 6.87. The Morgan fingerprint density at radius 3 is 2.04 bits per heavy atom. The number of benzene rings is 2. The van der Waals surface area contributed by atoms with Gasteiger partial charge in [0.05, 0.1) is 17.4 Å². The molecule has 7 nitrogen and oxygen atoms in total. The molecular formula is C16H10NO6S-. The van der Waals surface area contributed by atoms with E-state index < -0.39 is 28.3 Å². The summed E-state index contributed by atoms with van der Waals surface area (Å²) in [6.07, 6.45) is 0. The van der Waals surface area contributed by atoms with E-state index >= 15 is 0 Å². The van der Waals surface area contributed by atoms with E-state index in [9.17, 15) is 27.9 Å². The maximum Gasteiger partial charge on any atom is 0.240 e. The zero-order chi connectivity index (χ0) is 17.5. The highest BCUT2D eigenvalue weighted by atomic mass is 32.2. The predicted molar refractivity (Wildman–Crippen MR) is 79.9 cm³/mol. The Labute approximate surface area is 137 Å². The first kappa shape index (κ1) is 16.0. The first-order chi connectivity index (χ1) is 11.3. The Bertz CT molecular complexity index is 993. The van der Waals surface area contributed by atoms with Crippen molar-refractivity contribution in [3.63, 3.8) is 0 Å². The van der Waals surface area contributed by atoms with Crippen LogP contribution in [-0.2, 0) is 14.8 Å². The Hall–Kier alpha value is -2.84. The normalized spacial score (nSPS) is 13.3. The number of hydrogen-bond acceptors (Lipinski definition) is 6. The van der Waals surface area contributed by atoms with Gasteiger partial charge in [-0.25, -0.2) is 13.1 Å². The van der Waals surface area contributed by atoms with Crippen molar-refractivity contribution in [1.29, 1.82) is 0 Å². The van der Waals surface area contributed by atoms with Crippen LogP contribution in [0.5, 0.6) is 0 Å². The number of carbonyl (C=O) groups excluding carboxylic acids is 3. The van der Waals surface area contributed by atoms with Crippen LogP contribution in [0.3, 0.4) is 0 Å². The molecule has 1 aliphatic carbocycles. The molecule has 1 aliphatic rings. The first-order valence-electron chi connectivity index (χ1n) is 6.83. The van der Waals surface area contributed by atoms with Gasteiger partial charge in [-0.15, -0.1) is 0 Å². The van der Waals surface area contributed by atoms with E-state index in [-0.39, 0.29) is 32.9 Å². The molecule has 0 spiro atoms. The van der Waals surface area contributed by atoms with Gasteiger partial charge in [-0.05, 0) is 18.2 Å². The van der Waals surface area contributed by atoms with E-state index in [1.54, 1.807) is 12.1 Å². The fraction of sp³-hybridized carbons (Fsp3) is 0.0625. The molecule has 0 radical (unpaired) electrons. The average molecular weight is 344 g/mol. The summed E-state index contributed by atoms with van der Waals surface area (Å²) in [5.41, 5.74) is 0.542. The van der Waals surface area contributed by atoms with Crippen LogP contribution >= 0.6 is 0 Å². The van der Waals surface area contributed by atoms with Gasteiger partial charge in [0, 0.05) is 22.3 Å². The van der Waals surface area contributed by atoms with Crippen LogP contribution in [0.4, 0.5) is 0 Å². The number of nitrogens with one attached hydrogen (secondary N) is 1. The van der Waals surface area contributed by atoms with Crippen LogP contribution in [0, 0.1) is 0 Å². The zero-order valence-corrected chi connectivity index (χ0v) is 12.9. The van der Waals surface area contributed by atoms with E-state index in [1.165, 1.54) is 18.2 Å². The Balaban J connectivity index is 2.08. The van der Waals surface area contributed by atoms with Crippen LogP contribution in [0.15, 0.2) is 47.4 Å². The maximum atomic E-state index is 12.5. The molecule has 0 atom stereocenters. The number of hydrogen-bond donors (Lipinski definition) is 1. The van der Waals surface area contributed by atoms with Crippen molar-refractivity contribution < 1.29 is 27.9 Å². The molecule has 122 valence electrons. The van der Waals surface area contributed by atoms with Crippen molar-refractivity contribution in [1.82, 2.24) is 4.72 Å². The molecule has 0 bridgehead atoms. The number of fused-ring (bicyclic) bond motifs is 2. The third-order valence-corrected chi connectivity index (χ3v) is 5.01. The third kappa shape index (κ3) is 2.61. The van der Waals surface area contributed by atoms with Crippen LogP contribution in [0.25, 0.3) is 0 Å². The molecule has 8 heteroatoms. The van der Waals surface area contributed by atoms with E-state index in [0.29, 0.717) is 0 Å². The van der Waals surface area contributed by atoms with Crippen molar-refractivity contribution in [3.8, 4) is 0 Å². The minimum atomic E-state index is -4.14. The van der Waals surface area contributed by atoms with Gasteiger partial charge in [-0.1, -0.05) is 24.3 Å². The number of aliphatic carboxylic acids is 1. The smallest absolute Gasteiger partial charge is 0.240 e. The number of rotatable bonds is 4. The van der Waals surface area contributed by atoms with Gasteiger partial charge in [0.25, 0.3) is 0 Å². The van der Waals surface area contributed by atoms with Gasteiger partial charge >= 0.3 is 0 Å². The summed E-state index contributed by atoms with van der Waals surface area (Å²) in [7, 11) is -4.14. The number of carboxylic acids is 1. The van der Waals surface area contributed by atoms with Crippen molar-refractivity contribution in [3.05, 3.63) is 64.7 Å². The van der Waals surface area contributed by atoms with Gasteiger partial charge in [0.1, 0.15) is 0 Å². The Morgan fingerprint density at radius 1 is 0.917 bits per heavy atom. The number of carbonyl (C=O) groups is 3. The first-order valence-corrected chi connectivity index (χ1v) is 8.31. The summed E-state index contributed by atoms with van der Waals surface area (Å²) in [6.45, 7) is -0.894. The summed E-state index contributed by atoms with van der Waals surface area (Å²) in [4.78, 5) is 35.1. The molecule has 3 rings (SSSR count). The van der Waals surface area contributed by atoms with E-state index in [0.717, 1.165) is 12.1 Å². The van der Waals surface area contributed by atoms with Gasteiger partial charge in [0.2, 0.25) is 10.0 Å². The second-order valence-electron chi connectivity index (χ2n) is 5.11. The van der Waals surface area contributed by atoms with Crippen molar-refractivity contribution in [2.24, 2.45) is 0 Å². The van der Waals surface area contributed by atoms with Gasteiger partial charge < -0.3 is 9.90 Å². The summed E-state index contributed by atoms with van der Waals surface area (Å²) >= 11 is 0. The van der Waals surface area contributed by atoms with Crippen molar-refractivity contribution >= 4 is 27.6 Å². The minimum Gasteiger partial charge on any atom is -0.549 e. The molecule has 0 fully saturated rings. The molecule has 0 aliphatic heterocycles. The lowest BCUT2D eigenvalue weighted by Crippen LogP contribution is -2.37. The molecule has 1 N–H and O–H groups in total. The van der Waals surface area contributed by atoms with Crippen molar-refractivity contribution in [2.75, 3.05) is 6.54 Å². The fourth-order valence-electron chi connectivity index (χ4n) is 2.48. The van der Waals surface area contributed by atoms with Crippen LogP contribution in [0.2, 0.25) is 0 Å². The molecule has 24 heavy (non-hydrogen) atoms. The monoisotopic (exact) mass is 344 g/mol. The molecular weight excluding hydrogens is 334 g/mol. The van der Waals surface area contributed by atoms with Gasteiger partial charge in [-0.3, -0.25) is 9.59 Å². The minimum absolute atomic E-state index is 0.0324. The second kappa shape index (κ2) is 5.66. The van der Waals surface area contributed by atoms with Crippen LogP contribution < -0.4 is 9.83 Å². The fourth-order valence-corrected chi connectivity index (χ4v) is 3.48. The number of carboxylic acid groups (broad SMARTS) is 1. The quantitative estimate of drug-likeness (QED) is 0.680. The molecule has 0 heterocycles. The standard InChI is InChI=1S/C16H11NO6S/c18-14(19)8-17-24(22,23)9-5-6-12-13(7-9)16(21)11-4-2-1-3-10(11)15(12)20/h1-7,17H,8H2,(H,18,19)/p-1. The van der Waals surface area contributed by atoms with E-state index in [2.05, 4.69) is 0 Å². The molecule has 0 saturated heterocycles. The predicted octanol–water partition coefficient (Wildman–Crippen LogP) is -0.510. The topological polar surface area (TPSA) is 120 Å². The molecule has 0 unspecified atom stereocenters. The maximum absolute atomic E-state index is 12.5. The van der Waals surface area contributed by atoms with E-state index in [1.807, 2.05) is 4.72 Å². The summed E-state index contributed by atoms with van der Waals surface area (Å²) in [6, 6.07) is 9.74. The van der Waals surface area contributed by atoms with Crippen LogP contribution in [0.1, 0.15) is 31.8 Å². The highest BCUT2D eigenvalue weighted by molar-refractivity contribution is 7.89. The Morgan fingerprint density at radius 2 is 1.46 bits per heavy atom. The van der Waals surface area contributed by atoms with Gasteiger partial charge in [0.15, 0.2) is 11.6 Å². The lowest BCUT2D eigenvalue weighted by molar-refractivity contribution is -0.303. The molecule has 0 aromatic heterocycles. The average Bonchev–Trinajstić information content (AvgIpc) is 2.57. The third-order valence-electron chi connectivity index (χ3n) is 3.61. The van der Waals surface area contributed by atoms with E-state index in [4.69, 9.17) is 0 Å². The summed E-state index contributed by atoms with van der Waals surface area (Å²) < 4.78 is 26.0. The largest absolute Gasteiger partial charge is 0.549 e. The van der Waals surface area contributed by atoms with Crippen LogP contribution in [-0.4, -0.2) is 32.5 Å². The highest BCUT2D eigenvalue weighted by Gasteiger charge is 2.30. The molecule has 0 saturated carbocycles. The molecule has 0 amide bonds.